The van der Waals surface area contributed by atoms with E-state index in [1.807, 2.05) is 60.7 Å². The third kappa shape index (κ3) is 11.3. The van der Waals surface area contributed by atoms with E-state index in [0.717, 1.165) is 11.1 Å². The minimum atomic E-state index is -3.24. The van der Waals surface area contributed by atoms with E-state index >= 15 is 0 Å². The van der Waals surface area contributed by atoms with Crippen LogP contribution in [0, 0.1) is 0 Å². The molecule has 0 aliphatic carbocycles. The number of aliphatic hydroxyl groups excluding tert-OH is 1. The molecule has 214 valence electrons. The number of amides is 2. The van der Waals surface area contributed by atoms with Crippen LogP contribution in [0.3, 0.4) is 0 Å². The van der Waals surface area contributed by atoms with Crippen LogP contribution in [0.15, 0.2) is 60.7 Å². The lowest BCUT2D eigenvalue weighted by molar-refractivity contribution is 0.0394. The number of nitrogens with one attached hydrogen (secondary N) is 2. The first kappa shape index (κ1) is 30.4. The molecular weight excluding hydrogens is 520 g/mol. The van der Waals surface area contributed by atoms with Gasteiger partial charge in [0.2, 0.25) is 0 Å². The Balaban J connectivity index is 1.73. The Labute approximate surface area is 231 Å². The zero-order valence-electron chi connectivity index (χ0n) is 22.8. The van der Waals surface area contributed by atoms with Gasteiger partial charge in [0.15, 0.2) is 9.84 Å². The molecule has 0 bridgehead atoms. The Morgan fingerprint density at radius 1 is 0.949 bits per heavy atom. The fourth-order valence-corrected chi connectivity index (χ4v) is 6.16. The Bertz CT molecular complexity index is 1170. The molecule has 1 saturated heterocycles. The molecule has 2 aromatic rings. The van der Waals surface area contributed by atoms with Crippen LogP contribution in [0.2, 0.25) is 0 Å². The summed E-state index contributed by atoms with van der Waals surface area (Å²) in [6.45, 7) is 5.29. The molecule has 2 amide bonds. The first-order valence-electron chi connectivity index (χ1n) is 13.3. The largest absolute Gasteiger partial charge is 0.445 e. The minimum Gasteiger partial charge on any atom is -0.445 e. The summed E-state index contributed by atoms with van der Waals surface area (Å²) in [6, 6.07) is 17.7. The number of aliphatic hydroxyl groups is 1. The molecule has 3 rings (SSSR count). The molecule has 3 N–H and O–H groups in total. The van der Waals surface area contributed by atoms with Crippen LogP contribution in [0.4, 0.5) is 9.59 Å². The lowest BCUT2D eigenvalue weighted by Gasteiger charge is -2.30. The second kappa shape index (κ2) is 13.8. The van der Waals surface area contributed by atoms with Crippen LogP contribution < -0.4 is 10.6 Å². The van der Waals surface area contributed by atoms with E-state index in [0.29, 0.717) is 25.7 Å². The monoisotopic (exact) mass is 560 g/mol. The van der Waals surface area contributed by atoms with Crippen molar-refractivity contribution >= 4 is 22.0 Å². The molecule has 0 unspecified atom stereocenters. The second-order valence-corrected chi connectivity index (χ2v) is 13.3. The summed E-state index contributed by atoms with van der Waals surface area (Å²) >= 11 is 0. The minimum absolute atomic E-state index is 0.102. The number of carbonyl (C=O) groups excluding carboxylic acids is 2. The predicted molar refractivity (Wildman–Crippen MR) is 149 cm³/mol. The average molecular weight is 561 g/mol. The van der Waals surface area contributed by atoms with Gasteiger partial charge in [-0.15, -0.1) is 0 Å². The molecule has 4 atom stereocenters. The molecule has 0 aromatic heterocycles. The van der Waals surface area contributed by atoms with Gasteiger partial charge in [0.05, 0.1) is 23.7 Å². The van der Waals surface area contributed by atoms with Gasteiger partial charge in [-0.1, -0.05) is 60.7 Å². The standard InChI is InChI=1S/C29H40N2O7S/c1-29(2,3)38-28(34)31-25(18-22-13-8-5-9-14-22)26(32)19-23(17-21-11-6-4-7-12-21)30-27(33)37-24-15-10-16-39(35,36)20-24/h4-9,11-14,23-26,32H,10,15-20H2,1-3H3,(H,30,33)(H,31,34)/t23-,24+,25-,26-/m0/s1. The van der Waals surface area contributed by atoms with Gasteiger partial charge in [-0.05, 0) is 64.0 Å². The van der Waals surface area contributed by atoms with E-state index in [1.54, 1.807) is 20.8 Å². The molecule has 0 spiro atoms. The molecule has 1 heterocycles. The van der Waals surface area contributed by atoms with Gasteiger partial charge in [0, 0.05) is 6.04 Å². The summed E-state index contributed by atoms with van der Waals surface area (Å²) in [5.41, 5.74) is 1.15. The summed E-state index contributed by atoms with van der Waals surface area (Å²) in [7, 11) is -3.24. The number of ether oxygens (including phenoxy) is 2. The van der Waals surface area contributed by atoms with E-state index in [9.17, 15) is 23.1 Å². The second-order valence-electron chi connectivity index (χ2n) is 11.1. The van der Waals surface area contributed by atoms with Gasteiger partial charge in [-0.25, -0.2) is 18.0 Å². The van der Waals surface area contributed by atoms with Crippen molar-refractivity contribution in [1.82, 2.24) is 10.6 Å². The van der Waals surface area contributed by atoms with Crippen molar-refractivity contribution in [1.29, 1.82) is 0 Å². The maximum Gasteiger partial charge on any atom is 0.407 e. The lowest BCUT2D eigenvalue weighted by Crippen LogP contribution is -2.50. The summed E-state index contributed by atoms with van der Waals surface area (Å²) < 4.78 is 34.8. The molecule has 1 aliphatic heterocycles. The van der Waals surface area contributed by atoms with Crippen molar-refractivity contribution in [3.8, 4) is 0 Å². The number of benzene rings is 2. The summed E-state index contributed by atoms with van der Waals surface area (Å²) in [5, 5.41) is 16.9. The molecule has 0 saturated carbocycles. The van der Waals surface area contributed by atoms with Crippen molar-refractivity contribution in [2.45, 2.75) is 82.8 Å². The van der Waals surface area contributed by atoms with E-state index < -0.39 is 51.9 Å². The van der Waals surface area contributed by atoms with E-state index in [4.69, 9.17) is 9.47 Å². The predicted octanol–water partition coefficient (Wildman–Crippen LogP) is 3.79. The van der Waals surface area contributed by atoms with Gasteiger partial charge in [-0.2, -0.15) is 0 Å². The summed E-state index contributed by atoms with van der Waals surface area (Å²) in [4.78, 5) is 25.4. The molecule has 9 nitrogen and oxygen atoms in total. The van der Waals surface area contributed by atoms with Crippen molar-refractivity contribution in [2.75, 3.05) is 11.5 Å². The van der Waals surface area contributed by atoms with Crippen LogP contribution in [-0.2, 0) is 32.2 Å². The Kier molecular flexibility index (Phi) is 10.8. The number of rotatable bonds is 10. The number of carbonyl (C=O) groups is 2. The fourth-order valence-electron chi connectivity index (χ4n) is 4.58. The SMILES string of the molecule is CC(C)(C)OC(=O)N[C@@H](Cc1ccccc1)[C@@H](O)C[C@H](Cc1ccccc1)NC(=O)O[C@@H]1CCCS(=O)(=O)C1. The zero-order chi connectivity index (χ0) is 28.5. The normalized spacial score (nSPS) is 19.2. The topological polar surface area (TPSA) is 131 Å². The molecule has 1 fully saturated rings. The van der Waals surface area contributed by atoms with Crippen molar-refractivity contribution in [3.05, 3.63) is 71.8 Å². The first-order valence-corrected chi connectivity index (χ1v) is 15.1. The molecule has 2 aromatic carbocycles. The average Bonchev–Trinajstić information content (AvgIpc) is 2.83. The maximum atomic E-state index is 12.8. The Hall–Kier alpha value is -3.11. The van der Waals surface area contributed by atoms with Crippen molar-refractivity contribution in [2.24, 2.45) is 0 Å². The highest BCUT2D eigenvalue weighted by Crippen LogP contribution is 2.18. The van der Waals surface area contributed by atoms with Crippen LogP contribution in [-0.4, -0.2) is 67.1 Å². The zero-order valence-corrected chi connectivity index (χ0v) is 23.7. The molecule has 10 heteroatoms. The summed E-state index contributed by atoms with van der Waals surface area (Å²) in [5.74, 6) is -0.0872. The van der Waals surface area contributed by atoms with Crippen molar-refractivity contribution < 1.29 is 32.6 Å². The molecule has 39 heavy (non-hydrogen) atoms. The Morgan fingerprint density at radius 3 is 2.10 bits per heavy atom. The van der Waals surface area contributed by atoms with Gasteiger partial charge in [0.25, 0.3) is 0 Å². The fraction of sp³-hybridized carbons (Fsp3) is 0.517. The third-order valence-electron chi connectivity index (χ3n) is 6.33. The van der Waals surface area contributed by atoms with Gasteiger partial charge in [-0.3, -0.25) is 0 Å². The maximum absolute atomic E-state index is 12.8. The highest BCUT2D eigenvalue weighted by atomic mass is 32.2. The molecular formula is C29H40N2O7S. The highest BCUT2D eigenvalue weighted by molar-refractivity contribution is 7.91. The third-order valence-corrected chi connectivity index (χ3v) is 8.12. The van der Waals surface area contributed by atoms with E-state index in [2.05, 4.69) is 10.6 Å². The number of alkyl carbamates (subject to hydrolysis) is 2. The van der Waals surface area contributed by atoms with Crippen LogP contribution >= 0.6 is 0 Å². The number of hydrogen-bond acceptors (Lipinski definition) is 7. The summed E-state index contributed by atoms with van der Waals surface area (Å²) in [6.07, 6.45) is -1.32. The number of sulfone groups is 1. The number of hydrogen-bond donors (Lipinski definition) is 3. The van der Waals surface area contributed by atoms with Crippen molar-refractivity contribution in [3.63, 3.8) is 0 Å². The van der Waals surface area contributed by atoms with Gasteiger partial charge >= 0.3 is 12.2 Å². The highest BCUT2D eigenvalue weighted by Gasteiger charge is 2.30. The van der Waals surface area contributed by atoms with Gasteiger partial charge in [0.1, 0.15) is 11.7 Å². The molecule has 1 aliphatic rings. The van der Waals surface area contributed by atoms with Crippen LogP contribution in [0.5, 0.6) is 0 Å². The smallest absolute Gasteiger partial charge is 0.407 e. The van der Waals surface area contributed by atoms with E-state index in [1.165, 1.54) is 0 Å². The van der Waals surface area contributed by atoms with Crippen LogP contribution in [0.1, 0.15) is 51.2 Å². The first-order chi connectivity index (χ1) is 18.4. The van der Waals surface area contributed by atoms with Gasteiger partial charge < -0.3 is 25.2 Å². The Morgan fingerprint density at radius 2 is 1.54 bits per heavy atom. The molecule has 0 radical (unpaired) electrons. The van der Waals surface area contributed by atoms with E-state index in [-0.39, 0.29) is 17.9 Å². The quantitative estimate of drug-likeness (QED) is 0.403. The van der Waals surface area contributed by atoms with Crippen LogP contribution in [0.25, 0.3) is 0 Å². The lowest BCUT2D eigenvalue weighted by atomic mass is 9.94.